The first-order chi connectivity index (χ1) is 19.6. The molecule has 0 saturated carbocycles. The molecule has 0 heterocycles. The molecule has 0 aliphatic rings. The van der Waals surface area contributed by atoms with Crippen molar-refractivity contribution in [3.8, 4) is 0 Å². The second-order valence-corrected chi connectivity index (χ2v) is 12.1. The van der Waals surface area contributed by atoms with Gasteiger partial charge in [0.15, 0.2) is 0 Å². The lowest BCUT2D eigenvalue weighted by molar-refractivity contribution is -0.120. The van der Waals surface area contributed by atoms with Crippen LogP contribution in [0.3, 0.4) is 0 Å². The molecule has 0 bridgehead atoms. The normalized spacial score (nSPS) is 12.6. The van der Waals surface area contributed by atoms with E-state index in [1.54, 1.807) is 0 Å². The van der Waals surface area contributed by atoms with E-state index < -0.39 is 0 Å². The smallest absolute Gasteiger partial charge is 0.133 e. The van der Waals surface area contributed by atoms with Crippen molar-refractivity contribution in [2.45, 2.75) is 129 Å². The minimum atomic E-state index is 0.226. The summed E-state index contributed by atoms with van der Waals surface area (Å²) in [5, 5.41) is 7.78. The van der Waals surface area contributed by atoms with Gasteiger partial charge in [-0.05, 0) is 63.1 Å². The van der Waals surface area contributed by atoms with Crippen molar-refractivity contribution in [3.05, 3.63) is 60.2 Å². The third kappa shape index (κ3) is 8.15. The molecule has 0 fully saturated rings. The highest BCUT2D eigenvalue weighted by molar-refractivity contribution is 6.23. The maximum absolute atomic E-state index is 13.1. The highest BCUT2D eigenvalue weighted by Gasteiger charge is 2.20. The molecule has 4 rings (SSSR count). The molecule has 0 aliphatic heterocycles. The SMILES string of the molecule is CCCCCCCCCCCCC(=O)CCCC(=O)CC(CCC)c1ccc2ccc3cccc4ccc1c2c34. The number of carbonyl (C=O) groups excluding carboxylic acids is 2. The van der Waals surface area contributed by atoms with Gasteiger partial charge in [-0.1, -0.05) is 133 Å². The first-order valence-corrected chi connectivity index (χ1v) is 16.3. The van der Waals surface area contributed by atoms with Crippen molar-refractivity contribution < 1.29 is 9.59 Å². The zero-order valence-electron chi connectivity index (χ0n) is 25.1. The maximum Gasteiger partial charge on any atom is 0.133 e. The first-order valence-electron chi connectivity index (χ1n) is 16.3. The summed E-state index contributed by atoms with van der Waals surface area (Å²) in [4.78, 5) is 25.5. The average molecular weight is 539 g/mol. The third-order valence-corrected chi connectivity index (χ3v) is 8.83. The van der Waals surface area contributed by atoms with Crippen LogP contribution >= 0.6 is 0 Å². The number of carbonyl (C=O) groups is 2. The Morgan fingerprint density at radius 1 is 0.550 bits per heavy atom. The molecular formula is C38H50O2. The topological polar surface area (TPSA) is 34.1 Å². The Morgan fingerprint density at radius 2 is 1.10 bits per heavy atom. The molecule has 40 heavy (non-hydrogen) atoms. The lowest BCUT2D eigenvalue weighted by Gasteiger charge is -2.20. The van der Waals surface area contributed by atoms with E-state index in [0.29, 0.717) is 43.7 Å². The van der Waals surface area contributed by atoms with E-state index in [9.17, 15) is 9.59 Å². The number of unbranched alkanes of at least 4 members (excludes halogenated alkanes) is 9. The lowest BCUT2D eigenvalue weighted by atomic mass is 9.83. The number of benzene rings is 4. The number of hydrogen-bond acceptors (Lipinski definition) is 2. The Labute approximate surface area is 242 Å². The van der Waals surface area contributed by atoms with Crippen LogP contribution in [0.1, 0.15) is 134 Å². The summed E-state index contributed by atoms with van der Waals surface area (Å²) in [5.41, 5.74) is 1.30. The molecule has 1 atom stereocenters. The van der Waals surface area contributed by atoms with E-state index in [0.717, 1.165) is 25.7 Å². The van der Waals surface area contributed by atoms with Gasteiger partial charge in [-0.3, -0.25) is 9.59 Å². The van der Waals surface area contributed by atoms with Gasteiger partial charge < -0.3 is 0 Å². The first kappa shape index (κ1) is 30.2. The van der Waals surface area contributed by atoms with E-state index in [2.05, 4.69) is 68.4 Å². The largest absolute Gasteiger partial charge is 0.300 e. The van der Waals surface area contributed by atoms with Crippen LogP contribution in [0.2, 0.25) is 0 Å². The molecule has 4 aromatic rings. The summed E-state index contributed by atoms with van der Waals surface area (Å²) in [5.74, 6) is 0.865. The second-order valence-electron chi connectivity index (χ2n) is 12.1. The van der Waals surface area contributed by atoms with Gasteiger partial charge in [0.2, 0.25) is 0 Å². The quantitative estimate of drug-likeness (QED) is 0.0828. The van der Waals surface area contributed by atoms with Crippen LogP contribution in [0.25, 0.3) is 32.3 Å². The molecule has 4 aromatic carbocycles. The summed E-state index contributed by atoms with van der Waals surface area (Å²) in [6.45, 7) is 4.47. The summed E-state index contributed by atoms with van der Waals surface area (Å²) in [7, 11) is 0. The van der Waals surface area contributed by atoms with Gasteiger partial charge in [-0.2, -0.15) is 0 Å². The molecule has 1 unspecified atom stereocenters. The van der Waals surface area contributed by atoms with Crippen molar-refractivity contribution in [3.63, 3.8) is 0 Å². The van der Waals surface area contributed by atoms with Crippen LogP contribution in [0.5, 0.6) is 0 Å². The van der Waals surface area contributed by atoms with E-state index in [-0.39, 0.29) is 5.92 Å². The van der Waals surface area contributed by atoms with Crippen molar-refractivity contribution in [1.82, 2.24) is 0 Å². The number of Topliss-reactive ketones (excluding diaryl/α,β-unsaturated/α-hetero) is 2. The predicted molar refractivity (Wildman–Crippen MR) is 173 cm³/mol. The fourth-order valence-electron chi connectivity index (χ4n) is 6.62. The van der Waals surface area contributed by atoms with Gasteiger partial charge in [-0.25, -0.2) is 0 Å². The summed E-state index contributed by atoms with van der Waals surface area (Å²) >= 11 is 0. The van der Waals surface area contributed by atoms with Crippen LogP contribution in [0.4, 0.5) is 0 Å². The van der Waals surface area contributed by atoms with Gasteiger partial charge >= 0.3 is 0 Å². The van der Waals surface area contributed by atoms with Crippen molar-refractivity contribution >= 4 is 43.9 Å². The zero-order chi connectivity index (χ0) is 28.2. The fourth-order valence-corrected chi connectivity index (χ4v) is 6.62. The van der Waals surface area contributed by atoms with Crippen LogP contribution in [0.15, 0.2) is 54.6 Å². The maximum atomic E-state index is 13.1. The summed E-state index contributed by atoms with van der Waals surface area (Å²) in [6, 6.07) is 19.9. The standard InChI is InChI=1S/C38H50O2/c1-3-5-6-7-8-9-10-11-12-13-19-33(39)20-15-21-34(40)28-32(16-4-2)35-26-24-31-23-22-29-17-14-18-30-25-27-36(35)38(31)37(29)30/h14,17-18,22-27,32H,3-13,15-16,19-21,28H2,1-2H3. The highest BCUT2D eigenvalue weighted by Crippen LogP contribution is 2.39. The van der Waals surface area contributed by atoms with Gasteiger partial charge in [0.25, 0.3) is 0 Å². The average Bonchev–Trinajstić information content (AvgIpc) is 2.96. The van der Waals surface area contributed by atoms with Gasteiger partial charge in [-0.15, -0.1) is 0 Å². The lowest BCUT2D eigenvalue weighted by Crippen LogP contribution is -2.09. The van der Waals surface area contributed by atoms with Crippen LogP contribution < -0.4 is 0 Å². The number of hydrogen-bond donors (Lipinski definition) is 0. The van der Waals surface area contributed by atoms with Crippen LogP contribution in [-0.4, -0.2) is 11.6 Å². The molecule has 214 valence electrons. The molecule has 2 heteroatoms. The number of ketones is 2. The van der Waals surface area contributed by atoms with Gasteiger partial charge in [0.05, 0.1) is 0 Å². The minimum absolute atomic E-state index is 0.226. The minimum Gasteiger partial charge on any atom is -0.300 e. The van der Waals surface area contributed by atoms with Crippen molar-refractivity contribution in [2.24, 2.45) is 0 Å². The van der Waals surface area contributed by atoms with E-state index in [4.69, 9.17) is 0 Å². The molecule has 0 saturated heterocycles. The van der Waals surface area contributed by atoms with Crippen LogP contribution in [-0.2, 0) is 9.59 Å². The monoisotopic (exact) mass is 538 g/mol. The van der Waals surface area contributed by atoms with Gasteiger partial charge in [0, 0.05) is 25.7 Å². The Kier molecular flexibility index (Phi) is 12.0. The molecule has 0 amide bonds. The van der Waals surface area contributed by atoms with Crippen molar-refractivity contribution in [1.29, 1.82) is 0 Å². The van der Waals surface area contributed by atoms with E-state index in [1.165, 1.54) is 89.2 Å². The molecule has 0 aliphatic carbocycles. The van der Waals surface area contributed by atoms with Gasteiger partial charge in [0.1, 0.15) is 11.6 Å². The molecule has 0 radical (unpaired) electrons. The summed E-state index contributed by atoms with van der Waals surface area (Å²) in [6.07, 6.45) is 18.0. The van der Waals surface area contributed by atoms with E-state index in [1.807, 2.05) is 0 Å². The Balaban J connectivity index is 1.24. The Hall–Kier alpha value is -2.74. The molecular weight excluding hydrogens is 488 g/mol. The second kappa shape index (κ2) is 15.9. The predicted octanol–water partition coefficient (Wildman–Crippen LogP) is 11.5. The fraction of sp³-hybridized carbons (Fsp3) is 0.526. The highest BCUT2D eigenvalue weighted by atomic mass is 16.1. The van der Waals surface area contributed by atoms with Crippen LogP contribution in [0, 0.1) is 0 Å². The summed E-state index contributed by atoms with van der Waals surface area (Å²) < 4.78 is 0. The Bertz CT molecular complexity index is 1330. The van der Waals surface area contributed by atoms with Crippen molar-refractivity contribution in [2.75, 3.05) is 0 Å². The molecule has 0 aromatic heterocycles. The Morgan fingerprint density at radius 3 is 1.77 bits per heavy atom. The number of rotatable bonds is 20. The third-order valence-electron chi connectivity index (χ3n) is 8.83. The molecule has 0 N–H and O–H groups in total. The molecule has 2 nitrogen and oxygen atoms in total. The zero-order valence-corrected chi connectivity index (χ0v) is 25.1. The van der Waals surface area contributed by atoms with E-state index >= 15 is 0 Å². The molecule has 0 spiro atoms.